The molecule has 0 spiro atoms. The number of halogens is 2. The Hall–Kier alpha value is -4.60. The van der Waals surface area contributed by atoms with Gasteiger partial charge in [0.25, 0.3) is 11.4 Å². The summed E-state index contributed by atoms with van der Waals surface area (Å²) >= 11 is 0. The summed E-state index contributed by atoms with van der Waals surface area (Å²) in [6.07, 6.45) is 0. The van der Waals surface area contributed by atoms with E-state index in [9.17, 15) is 18.8 Å². The van der Waals surface area contributed by atoms with Crippen LogP contribution >= 0.6 is 0 Å². The lowest BCUT2D eigenvalue weighted by Crippen LogP contribution is -2.53. The average molecular weight is 511 g/mol. The average Bonchev–Trinajstić information content (AvgIpc) is 2.91. The Labute approximate surface area is 218 Å². The molecule has 0 saturated carbocycles. The Morgan fingerprint density at radius 1 is 1.08 bits per heavy atom. The van der Waals surface area contributed by atoms with E-state index in [1.54, 1.807) is 19.2 Å². The predicted molar refractivity (Wildman–Crippen MR) is 141 cm³/mol. The van der Waals surface area contributed by atoms with Crippen LogP contribution in [0.25, 0.3) is 15.9 Å². The number of aryl methyl sites for hydroxylation is 1. The molecule has 2 atom stereocenters. The fourth-order valence-corrected chi connectivity index (χ4v) is 5.36. The van der Waals surface area contributed by atoms with Crippen molar-refractivity contribution in [3.63, 3.8) is 0 Å². The van der Waals surface area contributed by atoms with Crippen molar-refractivity contribution in [3.05, 3.63) is 111 Å². The Balaban J connectivity index is 1.58. The largest absolute Gasteiger partial charge is 0.364 e. The molecule has 1 aliphatic rings. The van der Waals surface area contributed by atoms with Crippen molar-refractivity contribution in [1.82, 2.24) is 14.5 Å². The summed E-state index contributed by atoms with van der Waals surface area (Å²) in [6, 6.07) is 17.9. The first-order valence-electron chi connectivity index (χ1n) is 12.1. The van der Waals surface area contributed by atoms with Gasteiger partial charge < -0.3 is 14.3 Å². The van der Waals surface area contributed by atoms with Crippen LogP contribution < -0.4 is 10.5 Å². The van der Waals surface area contributed by atoms with E-state index in [-0.39, 0.29) is 17.4 Å². The lowest BCUT2D eigenvalue weighted by Gasteiger charge is -2.45. The number of piperazine rings is 1. The molecule has 9 heteroatoms. The van der Waals surface area contributed by atoms with Gasteiger partial charge in [-0.25, -0.2) is 8.78 Å². The SMILES string of the molecule is [C-]#[N+]c1ccc2c(n1)c(N1CCN(C(c3ccccc3)c3cc(F)cc(F)c3)[C@H](C)C1)c(C#N)c(=O)n2C. The molecule has 0 bridgehead atoms. The van der Waals surface area contributed by atoms with Crippen LogP contribution in [0, 0.1) is 29.5 Å². The zero-order valence-corrected chi connectivity index (χ0v) is 20.9. The van der Waals surface area contributed by atoms with Gasteiger partial charge in [0.15, 0.2) is 0 Å². The minimum atomic E-state index is -0.640. The summed E-state index contributed by atoms with van der Waals surface area (Å²) in [5.41, 5.74) is 2.32. The molecule has 7 nitrogen and oxygen atoms in total. The van der Waals surface area contributed by atoms with Gasteiger partial charge in [0.05, 0.1) is 11.6 Å². The van der Waals surface area contributed by atoms with Gasteiger partial charge in [-0.2, -0.15) is 5.26 Å². The monoisotopic (exact) mass is 510 g/mol. The van der Waals surface area contributed by atoms with E-state index >= 15 is 0 Å². The maximum absolute atomic E-state index is 14.3. The van der Waals surface area contributed by atoms with E-state index in [1.807, 2.05) is 42.2 Å². The van der Waals surface area contributed by atoms with Crippen molar-refractivity contribution < 1.29 is 8.78 Å². The maximum atomic E-state index is 14.3. The molecule has 5 rings (SSSR count). The molecule has 1 saturated heterocycles. The second kappa shape index (κ2) is 10.0. The first-order chi connectivity index (χ1) is 18.3. The maximum Gasteiger partial charge on any atom is 0.271 e. The highest BCUT2D eigenvalue weighted by molar-refractivity contribution is 5.92. The lowest BCUT2D eigenvalue weighted by atomic mass is 9.94. The Morgan fingerprint density at radius 2 is 1.79 bits per heavy atom. The Morgan fingerprint density at radius 3 is 2.42 bits per heavy atom. The number of hydrogen-bond acceptors (Lipinski definition) is 5. The number of aromatic nitrogens is 2. The molecule has 1 fully saturated rings. The highest BCUT2D eigenvalue weighted by Crippen LogP contribution is 2.36. The third-order valence-corrected chi connectivity index (χ3v) is 7.07. The molecule has 0 amide bonds. The number of anilines is 1. The topological polar surface area (TPSA) is 69.5 Å². The second-order valence-electron chi connectivity index (χ2n) is 9.40. The molecular weight excluding hydrogens is 486 g/mol. The van der Waals surface area contributed by atoms with Crippen LogP contribution in [0.2, 0.25) is 0 Å². The Bertz CT molecular complexity index is 1650. The van der Waals surface area contributed by atoms with E-state index in [2.05, 4.69) is 20.8 Å². The van der Waals surface area contributed by atoms with Gasteiger partial charge >= 0.3 is 0 Å². The van der Waals surface area contributed by atoms with E-state index in [1.165, 1.54) is 16.7 Å². The van der Waals surface area contributed by atoms with Crippen molar-refractivity contribution in [2.45, 2.75) is 19.0 Å². The number of rotatable bonds is 4. The number of nitrogens with zero attached hydrogens (tertiary/aromatic N) is 6. The fraction of sp³-hybridized carbons (Fsp3) is 0.241. The first-order valence-corrected chi connectivity index (χ1v) is 12.1. The van der Waals surface area contributed by atoms with E-state index in [0.29, 0.717) is 41.9 Å². The van der Waals surface area contributed by atoms with Crippen molar-refractivity contribution in [1.29, 1.82) is 5.26 Å². The quantitative estimate of drug-likeness (QED) is 0.364. The summed E-state index contributed by atoms with van der Waals surface area (Å²) < 4.78 is 29.9. The molecule has 190 valence electrons. The van der Waals surface area contributed by atoms with Gasteiger partial charge in [-0.05, 0) is 42.3 Å². The number of fused-ring (bicyclic) bond motifs is 1. The van der Waals surface area contributed by atoms with Crippen LogP contribution in [-0.4, -0.2) is 40.1 Å². The van der Waals surface area contributed by atoms with E-state index in [0.717, 1.165) is 11.6 Å². The molecule has 1 aliphatic heterocycles. The van der Waals surface area contributed by atoms with Crippen LogP contribution in [0.1, 0.15) is 29.7 Å². The molecule has 4 aromatic rings. The van der Waals surface area contributed by atoms with E-state index < -0.39 is 23.2 Å². The third-order valence-electron chi connectivity index (χ3n) is 7.07. The minimum Gasteiger partial charge on any atom is -0.364 e. The highest BCUT2D eigenvalue weighted by Gasteiger charge is 2.34. The predicted octanol–water partition coefficient (Wildman–Crippen LogP) is 4.93. The molecule has 38 heavy (non-hydrogen) atoms. The zero-order chi connectivity index (χ0) is 27.0. The fourth-order valence-electron chi connectivity index (χ4n) is 5.36. The van der Waals surface area contributed by atoms with Gasteiger partial charge in [0.1, 0.15) is 29.0 Å². The van der Waals surface area contributed by atoms with Crippen LogP contribution in [0.3, 0.4) is 0 Å². The molecule has 0 aliphatic carbocycles. The third kappa shape index (κ3) is 4.38. The van der Waals surface area contributed by atoms with Crippen molar-refractivity contribution in [2.24, 2.45) is 7.05 Å². The zero-order valence-electron chi connectivity index (χ0n) is 20.9. The molecular formula is C29H24F2N6O. The molecule has 2 aromatic carbocycles. The summed E-state index contributed by atoms with van der Waals surface area (Å²) in [7, 11) is 1.58. The van der Waals surface area contributed by atoms with Crippen LogP contribution in [0.5, 0.6) is 0 Å². The van der Waals surface area contributed by atoms with Gasteiger partial charge in [-0.3, -0.25) is 9.69 Å². The summed E-state index contributed by atoms with van der Waals surface area (Å²) in [6.45, 7) is 10.7. The molecule has 0 radical (unpaired) electrons. The normalized spacial score (nSPS) is 16.7. The van der Waals surface area contributed by atoms with Crippen molar-refractivity contribution in [2.75, 3.05) is 24.5 Å². The van der Waals surface area contributed by atoms with Gasteiger partial charge in [-0.1, -0.05) is 36.9 Å². The summed E-state index contributed by atoms with van der Waals surface area (Å²) in [5.74, 6) is -1.11. The minimum absolute atomic E-state index is 0.0258. The molecule has 1 unspecified atom stereocenters. The Kier molecular flexibility index (Phi) is 6.62. The second-order valence-corrected chi connectivity index (χ2v) is 9.40. The van der Waals surface area contributed by atoms with Crippen LogP contribution in [-0.2, 0) is 7.05 Å². The number of benzene rings is 2. The molecule has 2 aromatic heterocycles. The summed E-state index contributed by atoms with van der Waals surface area (Å²) in [4.78, 5) is 25.1. The smallest absolute Gasteiger partial charge is 0.271 e. The van der Waals surface area contributed by atoms with Gasteiger partial charge in [-0.15, -0.1) is 4.98 Å². The van der Waals surface area contributed by atoms with E-state index in [4.69, 9.17) is 6.57 Å². The lowest BCUT2D eigenvalue weighted by molar-refractivity contribution is 0.149. The van der Waals surface area contributed by atoms with Crippen molar-refractivity contribution in [3.8, 4) is 6.07 Å². The number of pyridine rings is 2. The number of nitriles is 1. The van der Waals surface area contributed by atoms with Crippen LogP contribution in [0.15, 0.2) is 65.5 Å². The summed E-state index contributed by atoms with van der Waals surface area (Å²) in [5, 5.41) is 9.94. The molecule has 0 N–H and O–H groups in total. The van der Waals surface area contributed by atoms with Gasteiger partial charge in [0.2, 0.25) is 5.52 Å². The number of hydrogen-bond donors (Lipinski definition) is 0. The van der Waals surface area contributed by atoms with Gasteiger partial charge in [0, 0.05) is 38.8 Å². The highest BCUT2D eigenvalue weighted by atomic mass is 19.1. The van der Waals surface area contributed by atoms with Crippen LogP contribution in [0.4, 0.5) is 20.3 Å². The standard InChI is InChI=1S/C29H24F2N6O/c1-18-17-36(28-23(16-32)29(38)35(3)24-9-10-25(33-2)34-26(24)28)11-12-37(18)27(19-7-5-4-6-8-19)20-13-21(30)15-22(31)14-20/h4-10,13-15,18,27H,11-12,17H2,1,3H3/t18-,27?/m1/s1. The first kappa shape index (κ1) is 25.1. The van der Waals surface area contributed by atoms with Crippen molar-refractivity contribution >= 4 is 22.5 Å². The molecule has 3 heterocycles.